The summed E-state index contributed by atoms with van der Waals surface area (Å²) in [6.07, 6.45) is 5.33. The van der Waals surface area contributed by atoms with Crippen LogP contribution in [0.1, 0.15) is 15.9 Å². The lowest BCUT2D eigenvalue weighted by Crippen LogP contribution is -2.27. The Morgan fingerprint density at radius 2 is 2.00 bits per heavy atom. The predicted molar refractivity (Wildman–Crippen MR) is 76.6 cm³/mol. The average Bonchev–Trinajstić information content (AvgIpc) is 2.45. The van der Waals surface area contributed by atoms with Crippen molar-refractivity contribution in [2.45, 2.75) is 6.92 Å². The molecule has 9 heteroatoms. The summed E-state index contributed by atoms with van der Waals surface area (Å²) in [5, 5.41) is 0. The van der Waals surface area contributed by atoms with Crippen LogP contribution in [-0.4, -0.2) is 31.3 Å². The van der Waals surface area contributed by atoms with Gasteiger partial charge in [0.1, 0.15) is 0 Å². The third kappa shape index (κ3) is 3.76. The van der Waals surface area contributed by atoms with Crippen molar-refractivity contribution in [3.05, 3.63) is 48.0 Å². The van der Waals surface area contributed by atoms with Gasteiger partial charge in [0.25, 0.3) is 5.91 Å². The number of rotatable bonds is 4. The molecule has 2 aromatic rings. The quantitative estimate of drug-likeness (QED) is 0.794. The van der Waals surface area contributed by atoms with E-state index in [9.17, 15) is 17.1 Å². The summed E-state index contributed by atoms with van der Waals surface area (Å²) in [6.45, 7) is 1.81. The Morgan fingerprint density at radius 3 is 2.64 bits per heavy atom. The molecule has 1 amide bonds. The molecule has 0 aromatic carbocycles. The van der Waals surface area contributed by atoms with Crippen molar-refractivity contribution in [3.63, 3.8) is 0 Å². The summed E-state index contributed by atoms with van der Waals surface area (Å²) in [5.74, 6) is -0.852. The van der Waals surface area contributed by atoms with Crippen LogP contribution in [0.5, 0.6) is 5.75 Å². The zero-order valence-electron chi connectivity index (χ0n) is 11.7. The molecule has 0 bridgehead atoms. The minimum absolute atomic E-state index is 0.0481. The lowest BCUT2D eigenvalue weighted by Gasteiger charge is -2.18. The zero-order valence-corrected chi connectivity index (χ0v) is 12.5. The Morgan fingerprint density at radius 1 is 1.27 bits per heavy atom. The van der Waals surface area contributed by atoms with Crippen molar-refractivity contribution >= 4 is 22.1 Å². The molecule has 0 saturated carbocycles. The van der Waals surface area contributed by atoms with Crippen LogP contribution in [0.2, 0.25) is 0 Å². The van der Waals surface area contributed by atoms with Crippen LogP contribution in [-0.2, 0) is 10.5 Å². The maximum absolute atomic E-state index is 12.5. The number of aromatic nitrogens is 2. The average molecular weight is 325 g/mol. The molecule has 0 fully saturated rings. The van der Waals surface area contributed by atoms with Crippen LogP contribution in [0.4, 0.5) is 9.57 Å². The number of hydrogen-bond acceptors (Lipinski definition) is 6. The Bertz CT molecular complexity index is 810. The number of halogens is 1. The third-order valence-electron chi connectivity index (χ3n) is 2.83. The fraction of sp³-hybridized carbons (Fsp3) is 0.154. The third-order valence-corrected chi connectivity index (χ3v) is 3.22. The number of nitrogens with zero attached hydrogens (tertiary/aromatic N) is 3. The van der Waals surface area contributed by atoms with E-state index in [2.05, 4.69) is 14.2 Å². The monoisotopic (exact) mass is 325 g/mol. The summed E-state index contributed by atoms with van der Waals surface area (Å²) in [5.41, 5.74) is 1.46. The van der Waals surface area contributed by atoms with Crippen LogP contribution in [0.25, 0.3) is 0 Å². The second-order valence-corrected chi connectivity index (χ2v) is 5.36. The Kier molecular flexibility index (Phi) is 4.36. The van der Waals surface area contributed by atoms with Crippen molar-refractivity contribution in [2.75, 3.05) is 11.9 Å². The minimum Gasteiger partial charge on any atom is -0.357 e. The Labute approximate surface area is 126 Å². The second kappa shape index (κ2) is 6.06. The molecule has 0 atom stereocenters. The van der Waals surface area contributed by atoms with Crippen LogP contribution < -0.4 is 9.08 Å². The maximum Gasteiger partial charge on any atom is 0.488 e. The van der Waals surface area contributed by atoms with Gasteiger partial charge >= 0.3 is 10.5 Å². The zero-order chi connectivity index (χ0) is 16.3. The number of pyridine rings is 2. The highest BCUT2D eigenvalue weighted by Crippen LogP contribution is 2.20. The molecule has 2 heterocycles. The number of carbonyl (C=O) groups excluding carboxylic acids is 1. The molecule has 0 unspecified atom stereocenters. The maximum atomic E-state index is 12.5. The molecule has 0 N–H and O–H groups in total. The van der Waals surface area contributed by atoms with Crippen LogP contribution in [0.15, 0.2) is 36.9 Å². The summed E-state index contributed by atoms with van der Waals surface area (Å²) >= 11 is 0. The highest BCUT2D eigenvalue weighted by molar-refractivity contribution is 7.81. The van der Waals surface area contributed by atoms with Gasteiger partial charge in [0.15, 0.2) is 5.75 Å². The molecular weight excluding hydrogens is 313 g/mol. The topological polar surface area (TPSA) is 89.5 Å². The lowest BCUT2D eigenvalue weighted by atomic mass is 10.2. The van der Waals surface area contributed by atoms with E-state index in [1.807, 2.05) is 6.92 Å². The van der Waals surface area contributed by atoms with E-state index in [0.29, 0.717) is 5.69 Å². The first kappa shape index (κ1) is 15.8. The van der Waals surface area contributed by atoms with Gasteiger partial charge in [0.05, 0.1) is 23.6 Å². The first-order valence-corrected chi connectivity index (χ1v) is 7.36. The van der Waals surface area contributed by atoms with Gasteiger partial charge in [-0.2, -0.15) is 8.42 Å². The first-order valence-electron chi connectivity index (χ1n) is 6.06. The van der Waals surface area contributed by atoms with Crippen molar-refractivity contribution in [1.29, 1.82) is 0 Å². The van der Waals surface area contributed by atoms with Gasteiger partial charge < -0.3 is 9.08 Å². The van der Waals surface area contributed by atoms with Crippen LogP contribution in [0.3, 0.4) is 0 Å². The molecule has 0 aliphatic rings. The molecule has 0 radical (unpaired) electrons. The highest BCUT2D eigenvalue weighted by atomic mass is 32.3. The van der Waals surface area contributed by atoms with E-state index in [1.54, 1.807) is 12.3 Å². The van der Waals surface area contributed by atoms with Crippen molar-refractivity contribution in [3.8, 4) is 5.75 Å². The molecule has 0 spiro atoms. The van der Waals surface area contributed by atoms with Crippen LogP contribution in [0, 0.1) is 6.92 Å². The minimum atomic E-state index is -5.17. The van der Waals surface area contributed by atoms with Crippen molar-refractivity contribution < 1.29 is 21.3 Å². The molecular formula is C13H12FN3O4S. The summed E-state index contributed by atoms with van der Waals surface area (Å²) < 4.78 is 37.5. The molecule has 22 heavy (non-hydrogen) atoms. The van der Waals surface area contributed by atoms with E-state index >= 15 is 0 Å². The Hall–Kier alpha value is -2.55. The largest absolute Gasteiger partial charge is 0.488 e. The Balaban J connectivity index is 2.30. The standard InChI is InChI=1S/C13H12FN3O4S/c1-9-3-4-15-8-12(9)17(2)13(18)10-5-11(7-16-6-10)21-22(14,19)20/h3-8H,1-2H3. The first-order chi connectivity index (χ1) is 10.3. The number of hydrogen-bond donors (Lipinski definition) is 0. The van der Waals surface area contributed by atoms with Gasteiger partial charge in [-0.15, -0.1) is 0 Å². The van der Waals surface area contributed by atoms with Gasteiger partial charge in [-0.25, -0.2) is 0 Å². The molecule has 0 aliphatic carbocycles. The van der Waals surface area contributed by atoms with E-state index < -0.39 is 16.4 Å². The fourth-order valence-electron chi connectivity index (χ4n) is 1.81. The van der Waals surface area contributed by atoms with Gasteiger partial charge in [-0.3, -0.25) is 14.8 Å². The highest BCUT2D eigenvalue weighted by Gasteiger charge is 2.18. The van der Waals surface area contributed by atoms with Gasteiger partial charge in [-0.1, -0.05) is 3.89 Å². The summed E-state index contributed by atoms with van der Waals surface area (Å²) in [7, 11) is -3.64. The molecule has 0 saturated heterocycles. The van der Waals surface area contributed by atoms with Gasteiger partial charge in [0.2, 0.25) is 0 Å². The van der Waals surface area contributed by atoms with Crippen molar-refractivity contribution in [1.82, 2.24) is 9.97 Å². The SMILES string of the molecule is Cc1ccncc1N(C)C(=O)c1cncc(OS(=O)(=O)F)c1. The van der Waals surface area contributed by atoms with Crippen LogP contribution >= 0.6 is 0 Å². The lowest BCUT2D eigenvalue weighted by molar-refractivity contribution is 0.0992. The van der Waals surface area contributed by atoms with Gasteiger partial charge in [0, 0.05) is 19.4 Å². The van der Waals surface area contributed by atoms with E-state index in [4.69, 9.17) is 0 Å². The fourth-order valence-corrected chi connectivity index (χ4v) is 2.13. The van der Waals surface area contributed by atoms with E-state index in [0.717, 1.165) is 17.8 Å². The normalized spacial score (nSPS) is 11.0. The van der Waals surface area contributed by atoms with E-state index in [1.165, 1.54) is 24.3 Å². The predicted octanol–water partition coefficient (Wildman–Crippen LogP) is 1.65. The number of anilines is 1. The van der Waals surface area contributed by atoms with Crippen molar-refractivity contribution in [2.24, 2.45) is 0 Å². The summed E-state index contributed by atoms with van der Waals surface area (Å²) in [4.78, 5) is 21.3. The molecule has 7 nitrogen and oxygen atoms in total. The summed E-state index contributed by atoms with van der Waals surface area (Å²) in [6, 6.07) is 2.83. The molecule has 116 valence electrons. The number of amides is 1. The smallest absolute Gasteiger partial charge is 0.357 e. The number of carbonyl (C=O) groups is 1. The van der Waals surface area contributed by atoms with Gasteiger partial charge in [-0.05, 0) is 24.6 Å². The number of aryl methyl sites for hydroxylation is 1. The molecule has 2 aromatic heterocycles. The van der Waals surface area contributed by atoms with E-state index in [-0.39, 0.29) is 11.3 Å². The molecule has 0 aliphatic heterocycles. The molecule has 2 rings (SSSR count). The second-order valence-electron chi connectivity index (χ2n) is 4.41.